The Labute approximate surface area is 431 Å². The van der Waals surface area contributed by atoms with Gasteiger partial charge in [-0.25, -0.2) is 0 Å². The molecule has 6 nitrogen and oxygen atoms in total. The van der Waals surface area contributed by atoms with Crippen molar-refractivity contribution in [2.24, 2.45) is 17.8 Å². The van der Waals surface area contributed by atoms with Gasteiger partial charge < -0.3 is 14.2 Å². The molecule has 0 radical (unpaired) electrons. The van der Waals surface area contributed by atoms with E-state index < -0.39 is 6.10 Å². The molecule has 0 aliphatic heterocycles. The second kappa shape index (κ2) is 54.2. The first-order chi connectivity index (χ1) is 33.6. The average molecular weight is 976 g/mol. The predicted molar refractivity (Wildman–Crippen MR) is 298 cm³/mol. The van der Waals surface area contributed by atoms with Gasteiger partial charge in [-0.05, 0) is 37.0 Å². The topological polar surface area (TPSA) is 78.9 Å². The summed E-state index contributed by atoms with van der Waals surface area (Å²) in [7, 11) is 0. The highest BCUT2D eigenvalue weighted by Crippen LogP contribution is 2.19. The molecule has 0 saturated heterocycles. The van der Waals surface area contributed by atoms with E-state index in [1.807, 2.05) is 0 Å². The highest BCUT2D eigenvalue weighted by atomic mass is 16.6. The van der Waals surface area contributed by atoms with Gasteiger partial charge in [0.25, 0.3) is 0 Å². The summed E-state index contributed by atoms with van der Waals surface area (Å²) in [5.74, 6) is 1.72. The zero-order valence-electron chi connectivity index (χ0n) is 47.6. The van der Waals surface area contributed by atoms with Crippen molar-refractivity contribution >= 4 is 17.9 Å². The number of unbranched alkanes of at least 4 members (excludes halogenated alkanes) is 38. The normalized spacial score (nSPS) is 12.5. The van der Waals surface area contributed by atoms with Gasteiger partial charge in [-0.3, -0.25) is 14.4 Å². The molecule has 69 heavy (non-hydrogen) atoms. The largest absolute Gasteiger partial charge is 0.462 e. The third kappa shape index (κ3) is 55.6. The van der Waals surface area contributed by atoms with Gasteiger partial charge in [-0.15, -0.1) is 0 Å². The lowest BCUT2D eigenvalue weighted by atomic mass is 9.99. The summed E-state index contributed by atoms with van der Waals surface area (Å²) in [4.78, 5) is 38.2. The molecule has 0 aliphatic carbocycles. The first-order valence-corrected chi connectivity index (χ1v) is 31.1. The van der Waals surface area contributed by atoms with Crippen LogP contribution in [0.1, 0.15) is 350 Å². The van der Waals surface area contributed by atoms with Gasteiger partial charge >= 0.3 is 17.9 Å². The second-order valence-corrected chi connectivity index (χ2v) is 22.9. The molecule has 0 aromatic rings. The molecular formula is C63H122O6. The van der Waals surface area contributed by atoms with Gasteiger partial charge in [-0.1, -0.05) is 311 Å². The van der Waals surface area contributed by atoms with Gasteiger partial charge in [0, 0.05) is 19.3 Å². The Bertz CT molecular complexity index is 1070. The predicted octanol–water partition coefficient (Wildman–Crippen LogP) is 20.7. The van der Waals surface area contributed by atoms with Crippen molar-refractivity contribution in [3.8, 4) is 0 Å². The summed E-state index contributed by atoms with van der Waals surface area (Å²) in [5.41, 5.74) is 0. The number of carbonyl (C=O) groups excluding carboxylic acids is 3. The lowest BCUT2D eigenvalue weighted by Gasteiger charge is -2.18. The third-order valence-corrected chi connectivity index (χ3v) is 14.8. The van der Waals surface area contributed by atoms with Crippen LogP contribution in [0, 0.1) is 17.8 Å². The molecule has 0 saturated carbocycles. The minimum Gasteiger partial charge on any atom is -0.462 e. The van der Waals surface area contributed by atoms with Crippen molar-refractivity contribution < 1.29 is 28.6 Å². The second-order valence-electron chi connectivity index (χ2n) is 22.9. The summed E-state index contributed by atoms with van der Waals surface area (Å²) >= 11 is 0. The Morgan fingerprint density at radius 2 is 0.507 bits per heavy atom. The Kier molecular flexibility index (Phi) is 52.9. The van der Waals surface area contributed by atoms with Crippen LogP contribution in [0.15, 0.2) is 0 Å². The highest BCUT2D eigenvalue weighted by Gasteiger charge is 2.19. The van der Waals surface area contributed by atoms with Crippen LogP contribution in [-0.4, -0.2) is 37.2 Å². The molecule has 410 valence electrons. The van der Waals surface area contributed by atoms with Crippen molar-refractivity contribution in [2.75, 3.05) is 13.2 Å². The van der Waals surface area contributed by atoms with E-state index in [4.69, 9.17) is 14.2 Å². The van der Waals surface area contributed by atoms with E-state index in [-0.39, 0.29) is 31.1 Å². The van der Waals surface area contributed by atoms with E-state index in [2.05, 4.69) is 41.5 Å². The Hall–Kier alpha value is -1.59. The molecule has 6 heteroatoms. The van der Waals surface area contributed by atoms with Gasteiger partial charge in [0.15, 0.2) is 6.10 Å². The number of hydrogen-bond acceptors (Lipinski definition) is 6. The lowest BCUT2D eigenvalue weighted by Crippen LogP contribution is -2.30. The van der Waals surface area contributed by atoms with Crippen LogP contribution in [0.5, 0.6) is 0 Å². The summed E-state index contributed by atoms with van der Waals surface area (Å²) in [6.45, 7) is 13.8. The number of hydrogen-bond donors (Lipinski definition) is 0. The molecule has 0 rings (SSSR count). The fourth-order valence-corrected chi connectivity index (χ4v) is 9.67. The molecule has 0 N–H and O–H groups in total. The van der Waals surface area contributed by atoms with E-state index in [1.54, 1.807) is 0 Å². The Balaban J connectivity index is 4.23. The van der Waals surface area contributed by atoms with Crippen molar-refractivity contribution in [3.63, 3.8) is 0 Å². The fraction of sp³-hybridized carbons (Fsp3) is 0.952. The molecule has 0 fully saturated rings. The quantitative estimate of drug-likeness (QED) is 0.0343. The summed E-state index contributed by atoms with van der Waals surface area (Å²) in [6.07, 6.45) is 58.2. The number of esters is 3. The van der Waals surface area contributed by atoms with Crippen molar-refractivity contribution in [1.82, 2.24) is 0 Å². The summed E-state index contributed by atoms with van der Waals surface area (Å²) < 4.78 is 16.9. The molecule has 0 aromatic heterocycles. The molecule has 0 amide bonds. The zero-order valence-corrected chi connectivity index (χ0v) is 47.6. The lowest BCUT2D eigenvalue weighted by molar-refractivity contribution is -0.167. The van der Waals surface area contributed by atoms with Crippen molar-refractivity contribution in [3.05, 3.63) is 0 Å². The SMILES string of the molecule is CCC(C)CCCCCCCCCCCCCCCCCCCCC(=O)OC[C@H](COC(=O)CCCCCCCCCCCC(C)C)OC(=O)CCCCCCCCCCCCCCCCC(C)C. The van der Waals surface area contributed by atoms with Crippen LogP contribution < -0.4 is 0 Å². The number of ether oxygens (including phenoxy) is 3. The maximum Gasteiger partial charge on any atom is 0.306 e. The van der Waals surface area contributed by atoms with Crippen molar-refractivity contribution in [1.29, 1.82) is 0 Å². The molecule has 0 bridgehead atoms. The molecule has 0 heterocycles. The van der Waals surface area contributed by atoms with E-state index >= 15 is 0 Å². The van der Waals surface area contributed by atoms with Gasteiger partial charge in [-0.2, -0.15) is 0 Å². The van der Waals surface area contributed by atoms with E-state index in [9.17, 15) is 14.4 Å². The van der Waals surface area contributed by atoms with Crippen molar-refractivity contribution in [2.45, 2.75) is 356 Å². The maximum atomic E-state index is 12.9. The Morgan fingerprint density at radius 3 is 0.754 bits per heavy atom. The molecule has 0 aliphatic rings. The number of rotatable bonds is 56. The van der Waals surface area contributed by atoms with Crippen LogP contribution >= 0.6 is 0 Å². The standard InChI is InChI=1S/C63H122O6/c1-7-59(6)51-45-39-33-27-21-17-12-10-8-9-11-13-18-22-28-34-40-46-52-61(64)67-55-60(56-68-62(65)53-47-41-35-30-24-26-32-38-44-50-58(4)5)69-63(66)54-48-42-36-29-23-19-15-14-16-20-25-31-37-43-49-57(2)3/h57-60H,7-56H2,1-6H3/t59?,60-/m1/s1. The minimum atomic E-state index is -0.764. The fourth-order valence-electron chi connectivity index (χ4n) is 9.67. The van der Waals surface area contributed by atoms with Crippen LogP contribution in [0.2, 0.25) is 0 Å². The third-order valence-electron chi connectivity index (χ3n) is 14.8. The number of carbonyl (C=O) groups is 3. The van der Waals surface area contributed by atoms with Crippen LogP contribution in [0.3, 0.4) is 0 Å². The summed E-state index contributed by atoms with van der Waals surface area (Å²) in [5, 5.41) is 0. The van der Waals surface area contributed by atoms with Crippen LogP contribution in [0.4, 0.5) is 0 Å². The van der Waals surface area contributed by atoms with Gasteiger partial charge in [0.05, 0.1) is 0 Å². The zero-order chi connectivity index (χ0) is 50.5. The van der Waals surface area contributed by atoms with Gasteiger partial charge in [0.1, 0.15) is 13.2 Å². The smallest absolute Gasteiger partial charge is 0.306 e. The first kappa shape index (κ1) is 67.4. The molecule has 0 spiro atoms. The van der Waals surface area contributed by atoms with E-state index in [0.29, 0.717) is 19.3 Å². The maximum absolute atomic E-state index is 12.9. The average Bonchev–Trinajstić information content (AvgIpc) is 3.32. The highest BCUT2D eigenvalue weighted by molar-refractivity contribution is 5.71. The monoisotopic (exact) mass is 975 g/mol. The molecule has 0 aromatic carbocycles. The molecule has 1 unspecified atom stereocenters. The van der Waals surface area contributed by atoms with Crippen LogP contribution in [0.25, 0.3) is 0 Å². The first-order valence-electron chi connectivity index (χ1n) is 31.1. The minimum absolute atomic E-state index is 0.0631. The van der Waals surface area contributed by atoms with Crippen LogP contribution in [-0.2, 0) is 28.6 Å². The van der Waals surface area contributed by atoms with E-state index in [0.717, 1.165) is 75.5 Å². The Morgan fingerprint density at radius 1 is 0.290 bits per heavy atom. The molecular weight excluding hydrogens is 853 g/mol. The van der Waals surface area contributed by atoms with E-state index in [1.165, 1.54) is 231 Å². The summed E-state index contributed by atoms with van der Waals surface area (Å²) in [6, 6.07) is 0. The molecule has 2 atom stereocenters. The van der Waals surface area contributed by atoms with Gasteiger partial charge in [0.2, 0.25) is 0 Å².